The van der Waals surface area contributed by atoms with Gasteiger partial charge in [0.1, 0.15) is 19.8 Å². The molecule has 0 amide bonds. The molecular weight excluding hydrogens is 733 g/mol. The van der Waals surface area contributed by atoms with Crippen LogP contribution in [0.5, 0.6) is 0 Å². The Balaban J connectivity index is 4.44. The molecule has 0 spiro atoms. The van der Waals surface area contributed by atoms with Gasteiger partial charge in [-0.15, -0.1) is 0 Å². The van der Waals surface area contributed by atoms with Crippen molar-refractivity contribution in [2.75, 3.05) is 47.5 Å². The Hall–Kier alpha value is -1.33. The zero-order valence-electron chi connectivity index (χ0n) is 36.6. The van der Waals surface area contributed by atoms with Crippen LogP contribution in [-0.2, 0) is 32.7 Å². The summed E-state index contributed by atoms with van der Waals surface area (Å²) in [6.45, 7) is 4.20. The third-order valence-electron chi connectivity index (χ3n) is 10.00. The van der Waals surface area contributed by atoms with Gasteiger partial charge in [0, 0.05) is 12.8 Å². The number of aliphatic hydroxyl groups excluding tert-OH is 2. The lowest BCUT2D eigenvalue weighted by molar-refractivity contribution is -0.870. The summed E-state index contributed by atoms with van der Waals surface area (Å²) in [5.41, 5.74) is 0. The zero-order valence-corrected chi connectivity index (χ0v) is 37.5. The van der Waals surface area contributed by atoms with E-state index in [4.69, 9.17) is 18.5 Å². The Bertz CT molecular complexity index is 1000. The molecule has 3 N–H and O–H groups in total. The molecule has 0 bridgehead atoms. The molecule has 0 rings (SSSR count). The Morgan fingerprint density at radius 2 is 1.09 bits per heavy atom. The summed E-state index contributed by atoms with van der Waals surface area (Å²) in [5, 5.41) is 20.5. The van der Waals surface area contributed by atoms with E-state index in [1.54, 1.807) is 0 Å². The minimum atomic E-state index is -4.40. The molecule has 0 aromatic heterocycles. The van der Waals surface area contributed by atoms with Gasteiger partial charge in [-0.1, -0.05) is 154 Å². The lowest BCUT2D eigenvalue weighted by Crippen LogP contribution is -2.37. The van der Waals surface area contributed by atoms with E-state index in [1.807, 2.05) is 27.2 Å². The van der Waals surface area contributed by atoms with E-state index in [1.165, 1.54) is 83.5 Å². The number of ether oxygens (including phenoxy) is 2. The molecule has 332 valence electrons. The second-order valence-electron chi connectivity index (χ2n) is 16.8. The average Bonchev–Trinajstić information content (AvgIpc) is 3.14. The minimum absolute atomic E-state index is 0.00922. The second-order valence-corrected chi connectivity index (χ2v) is 18.2. The summed E-state index contributed by atoms with van der Waals surface area (Å²) in [6, 6.07) is 0. The van der Waals surface area contributed by atoms with Gasteiger partial charge in [0.2, 0.25) is 0 Å². The van der Waals surface area contributed by atoms with E-state index in [0.717, 1.165) is 57.8 Å². The number of carbonyl (C=O) groups excluding carboxylic acids is 2. The van der Waals surface area contributed by atoms with Crippen LogP contribution in [0.1, 0.15) is 194 Å². The number of nitrogens with zero attached hydrogens (tertiary/aromatic N) is 1. The predicted octanol–water partition coefficient (Wildman–Crippen LogP) is 10.5. The number of esters is 2. The van der Waals surface area contributed by atoms with Crippen LogP contribution in [0.15, 0.2) is 12.2 Å². The maximum atomic E-state index is 12.7. The van der Waals surface area contributed by atoms with Gasteiger partial charge in [0.15, 0.2) is 6.10 Å². The van der Waals surface area contributed by atoms with E-state index >= 15 is 0 Å². The van der Waals surface area contributed by atoms with Gasteiger partial charge < -0.3 is 29.1 Å². The molecule has 0 aliphatic rings. The smallest absolute Gasteiger partial charge is 0.462 e. The first-order valence-electron chi connectivity index (χ1n) is 22.6. The zero-order chi connectivity index (χ0) is 41.8. The van der Waals surface area contributed by atoms with Gasteiger partial charge in [-0.25, -0.2) is 4.57 Å². The van der Waals surface area contributed by atoms with Crippen LogP contribution >= 0.6 is 7.82 Å². The van der Waals surface area contributed by atoms with Gasteiger partial charge in [0.25, 0.3) is 0 Å². The monoisotopic (exact) mass is 821 g/mol. The first-order chi connectivity index (χ1) is 26.8. The number of quaternary nitrogens is 1. The minimum Gasteiger partial charge on any atom is -0.462 e. The molecule has 56 heavy (non-hydrogen) atoms. The van der Waals surface area contributed by atoms with Crippen LogP contribution in [0.3, 0.4) is 0 Å². The fourth-order valence-corrected chi connectivity index (χ4v) is 7.01. The van der Waals surface area contributed by atoms with Crippen molar-refractivity contribution < 1.29 is 52.3 Å². The highest BCUT2D eigenvalue weighted by Gasteiger charge is 2.27. The van der Waals surface area contributed by atoms with Crippen LogP contribution in [0.25, 0.3) is 0 Å². The van der Waals surface area contributed by atoms with Crippen molar-refractivity contribution in [3.63, 3.8) is 0 Å². The number of carbonyl (C=O) groups is 2. The normalized spacial score (nSPS) is 14.8. The molecule has 0 aromatic carbocycles. The molecular formula is C44H87NO10P+. The van der Waals surface area contributed by atoms with Gasteiger partial charge in [-0.3, -0.25) is 18.6 Å². The number of unbranched alkanes of at least 4 members (excludes halogenated alkanes) is 21. The Morgan fingerprint density at radius 3 is 1.62 bits per heavy atom. The maximum Gasteiger partial charge on any atom is 0.472 e. The number of phosphoric ester groups is 1. The van der Waals surface area contributed by atoms with Crippen LogP contribution in [-0.4, -0.2) is 97.3 Å². The molecule has 0 radical (unpaired) electrons. The molecule has 11 nitrogen and oxygen atoms in total. The first kappa shape index (κ1) is 54.7. The highest BCUT2D eigenvalue weighted by atomic mass is 31.2. The van der Waals surface area contributed by atoms with E-state index < -0.39 is 44.7 Å². The SMILES string of the molecule is CCCCC/C=C\C[C@@H](O)[C@H](O)CCCCCCCC(=O)OC[C@H](COP(=O)(O)OCC[N+](C)(C)C)OC(=O)CCCCCCCCCCCCCCCCC. The number of hydrogen-bond acceptors (Lipinski definition) is 9. The number of rotatable bonds is 41. The summed E-state index contributed by atoms with van der Waals surface area (Å²) < 4.78 is 34.2. The fourth-order valence-electron chi connectivity index (χ4n) is 6.27. The second kappa shape index (κ2) is 36.7. The molecule has 4 atom stereocenters. The van der Waals surface area contributed by atoms with E-state index in [2.05, 4.69) is 19.9 Å². The van der Waals surface area contributed by atoms with Crippen molar-refractivity contribution in [2.24, 2.45) is 0 Å². The summed E-state index contributed by atoms with van der Waals surface area (Å²) in [6.07, 6.45) is 29.9. The topological polar surface area (TPSA) is 149 Å². The van der Waals surface area contributed by atoms with Crippen molar-refractivity contribution in [1.29, 1.82) is 0 Å². The third-order valence-corrected chi connectivity index (χ3v) is 11.0. The van der Waals surface area contributed by atoms with Crippen LogP contribution in [0, 0.1) is 0 Å². The lowest BCUT2D eigenvalue weighted by Gasteiger charge is -2.24. The lowest BCUT2D eigenvalue weighted by atomic mass is 10.0. The van der Waals surface area contributed by atoms with Gasteiger partial charge in [0.05, 0.1) is 40.0 Å². The summed E-state index contributed by atoms with van der Waals surface area (Å²) in [4.78, 5) is 35.4. The third kappa shape index (κ3) is 38.2. The van der Waals surface area contributed by atoms with Crippen molar-refractivity contribution in [2.45, 2.75) is 212 Å². The van der Waals surface area contributed by atoms with Crippen molar-refractivity contribution >= 4 is 19.8 Å². The number of hydrogen-bond donors (Lipinski definition) is 3. The van der Waals surface area contributed by atoms with E-state index in [-0.39, 0.29) is 26.1 Å². The van der Waals surface area contributed by atoms with Gasteiger partial charge in [-0.05, 0) is 38.5 Å². The highest BCUT2D eigenvalue weighted by molar-refractivity contribution is 7.47. The largest absolute Gasteiger partial charge is 0.472 e. The molecule has 0 fully saturated rings. The van der Waals surface area contributed by atoms with E-state index in [9.17, 15) is 29.3 Å². The molecule has 0 heterocycles. The number of aliphatic hydroxyl groups is 2. The van der Waals surface area contributed by atoms with Crippen LogP contribution in [0.4, 0.5) is 0 Å². The van der Waals surface area contributed by atoms with Crippen LogP contribution < -0.4 is 0 Å². The molecule has 0 saturated heterocycles. The number of likely N-dealkylation sites (N-methyl/N-ethyl adjacent to an activating group) is 1. The molecule has 0 aliphatic heterocycles. The van der Waals surface area contributed by atoms with Crippen molar-refractivity contribution in [3.8, 4) is 0 Å². The standard InChI is InChI=1S/C44H86NO10P/c1-6-8-10-12-14-15-16-17-18-19-20-21-22-26-31-35-44(49)55-40(39-54-56(50,51)53-37-36-45(3,4)5)38-52-43(48)34-30-27-23-25-29-33-42(47)41(46)32-28-24-13-11-9-7-2/h24,28,40-42,46-47H,6-23,25-27,29-39H2,1-5H3/p+1/b28-24-/t40-,41-,42-/m1/s1. The summed E-state index contributed by atoms with van der Waals surface area (Å²) >= 11 is 0. The Kier molecular flexibility index (Phi) is 35.9. The summed E-state index contributed by atoms with van der Waals surface area (Å²) in [5.74, 6) is -0.902. The average molecular weight is 821 g/mol. The Morgan fingerprint density at radius 1 is 0.607 bits per heavy atom. The maximum absolute atomic E-state index is 12.7. The summed E-state index contributed by atoms with van der Waals surface area (Å²) in [7, 11) is 1.40. The van der Waals surface area contributed by atoms with E-state index in [0.29, 0.717) is 36.7 Å². The number of phosphoric acid groups is 1. The molecule has 12 heteroatoms. The quantitative estimate of drug-likeness (QED) is 0.0179. The first-order valence-corrected chi connectivity index (χ1v) is 24.1. The van der Waals surface area contributed by atoms with Gasteiger partial charge in [-0.2, -0.15) is 0 Å². The number of allylic oxidation sites excluding steroid dienone is 1. The predicted molar refractivity (Wildman–Crippen MR) is 227 cm³/mol. The molecule has 0 aliphatic carbocycles. The Labute approximate surface area is 342 Å². The molecule has 0 aromatic rings. The fraction of sp³-hybridized carbons (Fsp3) is 0.909. The molecule has 1 unspecified atom stereocenters. The highest BCUT2D eigenvalue weighted by Crippen LogP contribution is 2.43. The van der Waals surface area contributed by atoms with Crippen molar-refractivity contribution in [1.82, 2.24) is 0 Å². The molecule has 0 saturated carbocycles. The van der Waals surface area contributed by atoms with Crippen molar-refractivity contribution in [3.05, 3.63) is 12.2 Å². The van der Waals surface area contributed by atoms with Gasteiger partial charge >= 0.3 is 19.8 Å². The van der Waals surface area contributed by atoms with Crippen LogP contribution in [0.2, 0.25) is 0 Å².